The van der Waals surface area contributed by atoms with Gasteiger partial charge in [-0.15, -0.1) is 0 Å². The van der Waals surface area contributed by atoms with Gasteiger partial charge in [-0.05, 0) is 56.5 Å². The van der Waals surface area contributed by atoms with Gasteiger partial charge in [0, 0.05) is 19.2 Å². The Hall–Kier alpha value is -1.55. The van der Waals surface area contributed by atoms with Gasteiger partial charge in [0.05, 0.1) is 7.11 Å². The number of carbonyl (C=O) groups excluding carboxylic acids is 1. The van der Waals surface area contributed by atoms with Gasteiger partial charge in [0.15, 0.2) is 0 Å². The number of piperidine rings is 1. The molecule has 4 heteroatoms. The Labute approximate surface area is 121 Å². The van der Waals surface area contributed by atoms with E-state index in [9.17, 15) is 4.79 Å². The monoisotopic (exact) mass is 276 g/mol. The minimum absolute atomic E-state index is 0.0711. The molecule has 0 spiro atoms. The molecule has 2 rings (SSSR count). The van der Waals surface area contributed by atoms with Crippen LogP contribution in [-0.4, -0.2) is 44.6 Å². The van der Waals surface area contributed by atoms with Gasteiger partial charge in [-0.2, -0.15) is 0 Å². The predicted octanol–water partition coefficient (Wildman–Crippen LogP) is 2.08. The second kappa shape index (κ2) is 6.75. The zero-order valence-electron chi connectivity index (χ0n) is 12.6. The predicted molar refractivity (Wildman–Crippen MR) is 80.3 cm³/mol. The van der Waals surface area contributed by atoms with Crippen molar-refractivity contribution in [3.8, 4) is 5.75 Å². The largest absolute Gasteiger partial charge is 0.496 e. The first kappa shape index (κ1) is 14.9. The molecular formula is C16H24N2O2. The van der Waals surface area contributed by atoms with Crippen LogP contribution in [0.2, 0.25) is 0 Å². The minimum Gasteiger partial charge on any atom is -0.496 e. The summed E-state index contributed by atoms with van der Waals surface area (Å²) in [6.07, 6.45) is 2.30. The van der Waals surface area contributed by atoms with E-state index in [1.807, 2.05) is 37.1 Å². The van der Waals surface area contributed by atoms with Crippen molar-refractivity contribution in [2.45, 2.75) is 19.8 Å². The molecule has 0 atom stereocenters. The van der Waals surface area contributed by atoms with Gasteiger partial charge < -0.3 is 15.0 Å². The summed E-state index contributed by atoms with van der Waals surface area (Å²) in [5.74, 6) is 1.45. The smallest absolute Gasteiger partial charge is 0.253 e. The number of amides is 1. The fourth-order valence-electron chi connectivity index (χ4n) is 2.71. The Morgan fingerprint density at radius 2 is 2.10 bits per heavy atom. The van der Waals surface area contributed by atoms with Crippen LogP contribution in [0.3, 0.4) is 0 Å². The topological polar surface area (TPSA) is 41.6 Å². The molecule has 20 heavy (non-hydrogen) atoms. The molecule has 1 aromatic rings. The highest BCUT2D eigenvalue weighted by molar-refractivity contribution is 5.94. The molecule has 0 bridgehead atoms. The SMILES string of the molecule is COc1cc(C(=O)N(C)CC2CCNCC2)ccc1C. The van der Waals surface area contributed by atoms with Crippen molar-refractivity contribution in [1.82, 2.24) is 10.2 Å². The molecule has 0 unspecified atom stereocenters. The number of ether oxygens (including phenoxy) is 1. The molecular weight excluding hydrogens is 252 g/mol. The molecule has 1 amide bonds. The van der Waals surface area contributed by atoms with E-state index in [1.54, 1.807) is 7.11 Å². The van der Waals surface area contributed by atoms with E-state index in [2.05, 4.69) is 5.32 Å². The lowest BCUT2D eigenvalue weighted by Gasteiger charge is -2.27. The number of hydrogen-bond acceptors (Lipinski definition) is 3. The molecule has 0 aromatic heterocycles. The number of carbonyl (C=O) groups is 1. The number of benzene rings is 1. The van der Waals surface area contributed by atoms with Crippen LogP contribution in [0.15, 0.2) is 18.2 Å². The average Bonchev–Trinajstić information content (AvgIpc) is 2.48. The van der Waals surface area contributed by atoms with Crippen molar-refractivity contribution in [1.29, 1.82) is 0 Å². The van der Waals surface area contributed by atoms with Gasteiger partial charge >= 0.3 is 0 Å². The third-order valence-corrected chi connectivity index (χ3v) is 3.99. The van der Waals surface area contributed by atoms with Gasteiger partial charge in [-0.25, -0.2) is 0 Å². The van der Waals surface area contributed by atoms with Gasteiger partial charge in [-0.1, -0.05) is 6.07 Å². The van der Waals surface area contributed by atoms with Gasteiger partial charge in [-0.3, -0.25) is 4.79 Å². The maximum absolute atomic E-state index is 12.5. The van der Waals surface area contributed by atoms with Crippen LogP contribution in [0.4, 0.5) is 0 Å². The molecule has 1 aliphatic heterocycles. The summed E-state index contributed by atoms with van der Waals surface area (Å²) in [6.45, 7) is 4.93. The molecule has 1 saturated heterocycles. The fourth-order valence-corrected chi connectivity index (χ4v) is 2.71. The number of hydrogen-bond donors (Lipinski definition) is 1. The number of aryl methyl sites for hydroxylation is 1. The molecule has 0 saturated carbocycles. The second-order valence-corrected chi connectivity index (χ2v) is 5.56. The second-order valence-electron chi connectivity index (χ2n) is 5.56. The van der Waals surface area contributed by atoms with Gasteiger partial charge in [0.25, 0.3) is 5.91 Å². The normalized spacial score (nSPS) is 15.9. The van der Waals surface area contributed by atoms with Gasteiger partial charge in [0.2, 0.25) is 0 Å². The van der Waals surface area contributed by atoms with E-state index in [0.717, 1.165) is 43.8 Å². The van der Waals surface area contributed by atoms with Crippen LogP contribution in [-0.2, 0) is 0 Å². The lowest BCUT2D eigenvalue weighted by molar-refractivity contribution is 0.0762. The molecule has 0 aliphatic carbocycles. The van der Waals surface area contributed by atoms with Gasteiger partial charge in [0.1, 0.15) is 5.75 Å². The van der Waals surface area contributed by atoms with E-state index in [-0.39, 0.29) is 5.91 Å². The third kappa shape index (κ3) is 3.51. The van der Waals surface area contributed by atoms with Crippen LogP contribution in [0, 0.1) is 12.8 Å². The third-order valence-electron chi connectivity index (χ3n) is 3.99. The average molecular weight is 276 g/mol. The number of nitrogens with zero attached hydrogens (tertiary/aromatic N) is 1. The van der Waals surface area contributed by atoms with Crippen molar-refractivity contribution in [3.63, 3.8) is 0 Å². The molecule has 0 radical (unpaired) electrons. The van der Waals surface area contributed by atoms with E-state index >= 15 is 0 Å². The van der Waals surface area contributed by atoms with Crippen LogP contribution in [0.1, 0.15) is 28.8 Å². The summed E-state index contributed by atoms with van der Waals surface area (Å²) in [7, 11) is 3.52. The molecule has 4 nitrogen and oxygen atoms in total. The molecule has 1 heterocycles. The molecule has 1 N–H and O–H groups in total. The van der Waals surface area contributed by atoms with Crippen molar-refractivity contribution in [3.05, 3.63) is 29.3 Å². The molecule has 1 aliphatic rings. The highest BCUT2D eigenvalue weighted by atomic mass is 16.5. The molecule has 1 fully saturated rings. The summed E-state index contributed by atoms with van der Waals surface area (Å²) in [4.78, 5) is 14.3. The molecule has 1 aromatic carbocycles. The summed E-state index contributed by atoms with van der Waals surface area (Å²) >= 11 is 0. The first-order valence-corrected chi connectivity index (χ1v) is 7.22. The zero-order valence-corrected chi connectivity index (χ0v) is 12.6. The summed E-state index contributed by atoms with van der Waals surface area (Å²) < 4.78 is 5.29. The zero-order chi connectivity index (χ0) is 14.5. The lowest BCUT2D eigenvalue weighted by Crippen LogP contribution is -2.37. The first-order valence-electron chi connectivity index (χ1n) is 7.22. The Morgan fingerprint density at radius 1 is 1.40 bits per heavy atom. The minimum atomic E-state index is 0.0711. The quantitative estimate of drug-likeness (QED) is 0.915. The Kier molecular flexibility index (Phi) is 5.01. The van der Waals surface area contributed by atoms with Crippen LogP contribution in [0.25, 0.3) is 0 Å². The van der Waals surface area contributed by atoms with Crippen molar-refractivity contribution >= 4 is 5.91 Å². The fraction of sp³-hybridized carbons (Fsp3) is 0.562. The van der Waals surface area contributed by atoms with Crippen LogP contribution < -0.4 is 10.1 Å². The van der Waals surface area contributed by atoms with Crippen molar-refractivity contribution < 1.29 is 9.53 Å². The Bertz CT molecular complexity index is 468. The van der Waals surface area contributed by atoms with E-state index < -0.39 is 0 Å². The number of nitrogens with one attached hydrogen (secondary N) is 1. The van der Waals surface area contributed by atoms with E-state index in [0.29, 0.717) is 11.5 Å². The number of rotatable bonds is 4. The van der Waals surface area contributed by atoms with Crippen molar-refractivity contribution in [2.24, 2.45) is 5.92 Å². The highest BCUT2D eigenvalue weighted by Crippen LogP contribution is 2.20. The summed E-state index contributed by atoms with van der Waals surface area (Å²) in [6, 6.07) is 5.64. The maximum Gasteiger partial charge on any atom is 0.253 e. The standard InChI is InChI=1S/C16H24N2O2/c1-12-4-5-14(10-15(12)20-3)16(19)18(2)11-13-6-8-17-9-7-13/h4-5,10,13,17H,6-9,11H2,1-3H3. The summed E-state index contributed by atoms with van der Waals surface area (Å²) in [5, 5.41) is 3.35. The summed E-state index contributed by atoms with van der Waals surface area (Å²) in [5.41, 5.74) is 1.74. The molecule has 110 valence electrons. The highest BCUT2D eigenvalue weighted by Gasteiger charge is 2.19. The van der Waals surface area contributed by atoms with Crippen LogP contribution >= 0.6 is 0 Å². The maximum atomic E-state index is 12.5. The Balaban J connectivity index is 2.02. The number of methoxy groups -OCH3 is 1. The van der Waals surface area contributed by atoms with Crippen molar-refractivity contribution in [2.75, 3.05) is 33.8 Å². The van der Waals surface area contributed by atoms with E-state index in [1.165, 1.54) is 0 Å². The van der Waals surface area contributed by atoms with Crippen LogP contribution in [0.5, 0.6) is 5.75 Å². The van der Waals surface area contributed by atoms with E-state index in [4.69, 9.17) is 4.74 Å². The Morgan fingerprint density at radius 3 is 2.75 bits per heavy atom. The lowest BCUT2D eigenvalue weighted by atomic mass is 9.97. The first-order chi connectivity index (χ1) is 9.61.